The third-order valence-corrected chi connectivity index (χ3v) is 2.48. The fourth-order valence-electron chi connectivity index (χ4n) is 1.41. The number of pyridine rings is 1. The van der Waals surface area contributed by atoms with Crippen molar-refractivity contribution >= 4 is 17.3 Å². The van der Waals surface area contributed by atoms with E-state index < -0.39 is 0 Å². The average Bonchev–Trinajstić information content (AvgIpc) is 2.41. The molecule has 0 unspecified atom stereocenters. The molecule has 0 aliphatic heterocycles. The Kier molecular flexibility index (Phi) is 4.15. The predicted molar refractivity (Wildman–Crippen MR) is 69.5 cm³/mol. The lowest BCUT2D eigenvalue weighted by Crippen LogP contribution is -2.13. The molecule has 92 valence electrons. The topological polar surface area (TPSA) is 54.7 Å². The maximum Gasteiger partial charge on any atom is 0.215 e. The van der Waals surface area contributed by atoms with Gasteiger partial charge in [-0.15, -0.1) is 0 Å². The SMILES string of the molecule is O/N=C(\COc1cccc(Cl)n1)c1ccccc1. The van der Waals surface area contributed by atoms with E-state index in [0.29, 0.717) is 16.7 Å². The van der Waals surface area contributed by atoms with Crippen molar-refractivity contribution in [2.75, 3.05) is 6.61 Å². The first-order valence-electron chi connectivity index (χ1n) is 5.31. The lowest BCUT2D eigenvalue weighted by atomic mass is 10.1. The van der Waals surface area contributed by atoms with Gasteiger partial charge in [-0.1, -0.05) is 53.2 Å². The molecule has 4 nitrogen and oxygen atoms in total. The molecule has 5 heteroatoms. The Morgan fingerprint density at radius 1 is 1.17 bits per heavy atom. The fraction of sp³-hybridized carbons (Fsp3) is 0.0769. The van der Waals surface area contributed by atoms with Crippen LogP contribution in [-0.4, -0.2) is 22.5 Å². The quantitative estimate of drug-likeness (QED) is 0.399. The summed E-state index contributed by atoms with van der Waals surface area (Å²) in [5.41, 5.74) is 1.22. The molecule has 0 aliphatic rings. The Labute approximate surface area is 109 Å². The van der Waals surface area contributed by atoms with Crippen LogP contribution in [0.1, 0.15) is 5.56 Å². The van der Waals surface area contributed by atoms with Crippen molar-refractivity contribution in [1.82, 2.24) is 4.98 Å². The molecule has 0 aliphatic carbocycles. The van der Waals surface area contributed by atoms with Crippen molar-refractivity contribution in [3.63, 3.8) is 0 Å². The van der Waals surface area contributed by atoms with E-state index in [1.807, 2.05) is 30.3 Å². The second-order valence-electron chi connectivity index (χ2n) is 3.50. The third kappa shape index (κ3) is 3.21. The summed E-state index contributed by atoms with van der Waals surface area (Å²) in [5.74, 6) is 0.389. The van der Waals surface area contributed by atoms with Crippen molar-refractivity contribution in [2.24, 2.45) is 5.16 Å². The Balaban J connectivity index is 2.05. The van der Waals surface area contributed by atoms with Crippen LogP contribution in [0.15, 0.2) is 53.7 Å². The van der Waals surface area contributed by atoms with E-state index >= 15 is 0 Å². The molecule has 1 heterocycles. The molecule has 2 aromatic rings. The van der Waals surface area contributed by atoms with Crippen LogP contribution in [0.4, 0.5) is 0 Å². The van der Waals surface area contributed by atoms with Gasteiger partial charge in [-0.2, -0.15) is 0 Å². The van der Waals surface area contributed by atoms with Gasteiger partial charge in [0.15, 0.2) is 0 Å². The van der Waals surface area contributed by atoms with E-state index in [2.05, 4.69) is 10.1 Å². The maximum absolute atomic E-state index is 8.97. The van der Waals surface area contributed by atoms with Crippen LogP contribution in [0, 0.1) is 0 Å². The van der Waals surface area contributed by atoms with Crippen molar-refractivity contribution < 1.29 is 9.94 Å². The highest BCUT2D eigenvalue weighted by Gasteiger charge is 2.05. The number of aromatic nitrogens is 1. The summed E-state index contributed by atoms with van der Waals surface area (Å²) in [6, 6.07) is 14.4. The molecule has 0 amide bonds. The molecule has 0 atom stereocenters. The molecule has 0 bridgehead atoms. The maximum atomic E-state index is 8.97. The summed E-state index contributed by atoms with van der Waals surface area (Å²) in [5, 5.41) is 12.6. The number of hydrogen-bond acceptors (Lipinski definition) is 4. The molecule has 1 N–H and O–H groups in total. The van der Waals surface area contributed by atoms with E-state index in [0.717, 1.165) is 5.56 Å². The van der Waals surface area contributed by atoms with Crippen LogP contribution >= 0.6 is 11.6 Å². The zero-order valence-electron chi connectivity index (χ0n) is 9.45. The number of halogens is 1. The lowest BCUT2D eigenvalue weighted by Gasteiger charge is -2.07. The standard InChI is InChI=1S/C13H11ClN2O2/c14-12-7-4-8-13(15-12)18-9-11(16-17)10-5-2-1-3-6-10/h1-8,17H,9H2/b16-11+. The minimum absolute atomic E-state index is 0.119. The third-order valence-electron chi connectivity index (χ3n) is 2.27. The Morgan fingerprint density at radius 3 is 2.61 bits per heavy atom. The van der Waals surface area contributed by atoms with E-state index in [-0.39, 0.29) is 6.61 Å². The minimum Gasteiger partial charge on any atom is -0.471 e. The van der Waals surface area contributed by atoms with Crippen LogP contribution < -0.4 is 4.74 Å². The Morgan fingerprint density at radius 2 is 1.94 bits per heavy atom. The first-order valence-corrected chi connectivity index (χ1v) is 5.69. The second-order valence-corrected chi connectivity index (χ2v) is 3.89. The Hall–Kier alpha value is -2.07. The van der Waals surface area contributed by atoms with Crippen LogP contribution in [0.25, 0.3) is 0 Å². The highest BCUT2D eigenvalue weighted by atomic mass is 35.5. The van der Waals surface area contributed by atoms with E-state index in [1.165, 1.54) is 0 Å². The van der Waals surface area contributed by atoms with Crippen molar-refractivity contribution in [3.05, 3.63) is 59.2 Å². The second kappa shape index (κ2) is 6.02. The number of rotatable bonds is 4. The molecule has 1 aromatic carbocycles. The summed E-state index contributed by atoms with van der Waals surface area (Å²) in [6.45, 7) is 0.119. The van der Waals surface area contributed by atoms with E-state index in [9.17, 15) is 0 Å². The monoisotopic (exact) mass is 262 g/mol. The van der Waals surface area contributed by atoms with Gasteiger partial charge in [-0.25, -0.2) is 4.98 Å². The van der Waals surface area contributed by atoms with Gasteiger partial charge in [0.1, 0.15) is 17.5 Å². The smallest absolute Gasteiger partial charge is 0.215 e. The zero-order valence-corrected chi connectivity index (χ0v) is 10.2. The van der Waals surface area contributed by atoms with Gasteiger partial charge in [0, 0.05) is 11.6 Å². The number of ether oxygens (including phenoxy) is 1. The van der Waals surface area contributed by atoms with Gasteiger partial charge < -0.3 is 9.94 Å². The summed E-state index contributed by atoms with van der Waals surface area (Å²) < 4.78 is 5.41. The molecule has 0 radical (unpaired) electrons. The van der Waals surface area contributed by atoms with Gasteiger partial charge in [0.2, 0.25) is 5.88 Å². The zero-order chi connectivity index (χ0) is 12.8. The number of nitrogens with zero attached hydrogens (tertiary/aromatic N) is 2. The van der Waals surface area contributed by atoms with Crippen molar-refractivity contribution in [2.45, 2.75) is 0 Å². The molecule has 18 heavy (non-hydrogen) atoms. The van der Waals surface area contributed by atoms with Gasteiger partial charge in [0.05, 0.1) is 0 Å². The van der Waals surface area contributed by atoms with Crippen LogP contribution in [-0.2, 0) is 0 Å². The molecule has 0 fully saturated rings. The molecule has 1 aromatic heterocycles. The minimum atomic E-state index is 0.119. The first kappa shape index (κ1) is 12.4. The molecular formula is C13H11ClN2O2. The predicted octanol–water partition coefficient (Wildman–Crippen LogP) is 2.99. The molecule has 0 spiro atoms. The van der Waals surface area contributed by atoms with Gasteiger partial charge in [-0.05, 0) is 6.07 Å². The van der Waals surface area contributed by atoms with E-state index in [4.69, 9.17) is 21.5 Å². The average molecular weight is 263 g/mol. The summed E-state index contributed by atoms with van der Waals surface area (Å²) in [6.07, 6.45) is 0. The lowest BCUT2D eigenvalue weighted by molar-refractivity contribution is 0.306. The van der Waals surface area contributed by atoms with Crippen molar-refractivity contribution in [1.29, 1.82) is 0 Å². The summed E-state index contributed by atoms with van der Waals surface area (Å²) >= 11 is 5.74. The summed E-state index contributed by atoms with van der Waals surface area (Å²) in [7, 11) is 0. The highest BCUT2D eigenvalue weighted by molar-refractivity contribution is 6.29. The number of oxime groups is 1. The van der Waals surface area contributed by atoms with Crippen molar-refractivity contribution in [3.8, 4) is 5.88 Å². The van der Waals surface area contributed by atoms with E-state index in [1.54, 1.807) is 18.2 Å². The Bertz CT molecular complexity index is 544. The molecular weight excluding hydrogens is 252 g/mol. The number of benzene rings is 1. The number of hydrogen-bond donors (Lipinski definition) is 1. The molecule has 2 rings (SSSR count). The van der Waals surface area contributed by atoms with Gasteiger partial charge >= 0.3 is 0 Å². The van der Waals surface area contributed by atoms with Crippen LogP contribution in [0.2, 0.25) is 5.15 Å². The van der Waals surface area contributed by atoms with Gasteiger partial charge in [0.25, 0.3) is 0 Å². The summed E-state index contributed by atoms with van der Waals surface area (Å²) in [4.78, 5) is 3.98. The molecule has 0 saturated carbocycles. The highest BCUT2D eigenvalue weighted by Crippen LogP contribution is 2.12. The van der Waals surface area contributed by atoms with Crippen LogP contribution in [0.3, 0.4) is 0 Å². The van der Waals surface area contributed by atoms with Crippen LogP contribution in [0.5, 0.6) is 5.88 Å². The molecule has 0 saturated heterocycles. The fourth-order valence-corrected chi connectivity index (χ4v) is 1.57. The first-order chi connectivity index (χ1) is 8.79. The van der Waals surface area contributed by atoms with Gasteiger partial charge in [-0.3, -0.25) is 0 Å². The largest absolute Gasteiger partial charge is 0.471 e. The normalized spacial score (nSPS) is 11.3.